The summed E-state index contributed by atoms with van der Waals surface area (Å²) in [6.07, 6.45) is 3.86. The smallest absolute Gasteiger partial charge is 0.244 e. The summed E-state index contributed by atoms with van der Waals surface area (Å²) in [5, 5.41) is 0. The lowest BCUT2D eigenvalue weighted by molar-refractivity contribution is -0.114. The van der Waals surface area contributed by atoms with E-state index in [-0.39, 0.29) is 5.91 Å². The van der Waals surface area contributed by atoms with E-state index in [1.54, 1.807) is 6.92 Å². The Hall–Kier alpha value is -0.830. The highest BCUT2D eigenvalue weighted by atomic mass is 16.1. The Kier molecular flexibility index (Phi) is 11.6. The Morgan fingerprint density at radius 2 is 1.83 bits per heavy atom. The molecule has 0 radical (unpaired) electrons. The molecule has 0 fully saturated rings. The molecule has 0 atom stereocenters. The maximum atomic E-state index is 10.4. The highest BCUT2D eigenvalue weighted by Crippen LogP contribution is 1.95. The molecule has 0 aromatic rings. The van der Waals surface area contributed by atoms with Crippen LogP contribution in [0, 0.1) is 0 Å². The number of carbonyl (C=O) groups is 1. The van der Waals surface area contributed by atoms with Gasteiger partial charge in [-0.05, 0) is 19.9 Å². The Labute approximate surface area is 74.8 Å². The van der Waals surface area contributed by atoms with E-state index in [2.05, 4.69) is 6.92 Å². The standard InChI is InChI=1S/C7H13NO.C2H7N/c1-3-4-5-6(2)7(8)9;1-2-3/h5H,3-4H2,1-2H3,(H2,8,9);2-3H2,1H3. The summed E-state index contributed by atoms with van der Waals surface area (Å²) in [5.41, 5.74) is 10.5. The van der Waals surface area contributed by atoms with E-state index in [1.807, 2.05) is 13.0 Å². The zero-order valence-electron chi connectivity index (χ0n) is 8.26. The van der Waals surface area contributed by atoms with Crippen molar-refractivity contribution in [2.24, 2.45) is 11.5 Å². The van der Waals surface area contributed by atoms with E-state index in [1.165, 1.54) is 0 Å². The number of carbonyl (C=O) groups excluding carboxylic acids is 1. The number of nitrogens with two attached hydrogens (primary N) is 2. The largest absolute Gasteiger partial charge is 0.366 e. The summed E-state index contributed by atoms with van der Waals surface area (Å²) >= 11 is 0. The third-order valence-corrected chi connectivity index (χ3v) is 1.13. The van der Waals surface area contributed by atoms with Crippen LogP contribution in [0.4, 0.5) is 0 Å². The Morgan fingerprint density at radius 3 is 2.08 bits per heavy atom. The van der Waals surface area contributed by atoms with Crippen LogP contribution in [-0.4, -0.2) is 12.5 Å². The minimum Gasteiger partial charge on any atom is -0.366 e. The molecule has 0 heterocycles. The van der Waals surface area contributed by atoms with E-state index >= 15 is 0 Å². The second-order valence-corrected chi connectivity index (χ2v) is 2.45. The molecule has 3 nitrogen and oxygen atoms in total. The van der Waals surface area contributed by atoms with Gasteiger partial charge in [0, 0.05) is 5.57 Å². The topological polar surface area (TPSA) is 69.1 Å². The van der Waals surface area contributed by atoms with Crippen LogP contribution >= 0.6 is 0 Å². The molecule has 0 aliphatic carbocycles. The maximum Gasteiger partial charge on any atom is 0.244 e. The molecule has 0 unspecified atom stereocenters. The molecule has 1 amide bonds. The van der Waals surface area contributed by atoms with E-state index in [4.69, 9.17) is 11.5 Å². The van der Waals surface area contributed by atoms with Crippen molar-refractivity contribution in [2.45, 2.75) is 33.6 Å². The molecule has 0 bridgehead atoms. The number of unbranched alkanes of at least 4 members (excludes halogenated alkanes) is 1. The van der Waals surface area contributed by atoms with Crippen LogP contribution in [0.5, 0.6) is 0 Å². The van der Waals surface area contributed by atoms with Crippen molar-refractivity contribution in [1.29, 1.82) is 0 Å². The fourth-order valence-electron chi connectivity index (χ4n) is 0.461. The average Bonchev–Trinajstić information content (AvgIpc) is 2.01. The molecule has 0 saturated carbocycles. The van der Waals surface area contributed by atoms with Gasteiger partial charge in [0.2, 0.25) is 5.91 Å². The van der Waals surface area contributed by atoms with Crippen LogP contribution in [-0.2, 0) is 4.79 Å². The lowest BCUT2D eigenvalue weighted by atomic mass is 10.2. The predicted molar refractivity (Wildman–Crippen MR) is 52.6 cm³/mol. The molecule has 72 valence electrons. The molecular weight excluding hydrogens is 152 g/mol. The summed E-state index contributed by atoms with van der Waals surface area (Å²) in [4.78, 5) is 10.4. The third kappa shape index (κ3) is 11.9. The average molecular weight is 172 g/mol. The van der Waals surface area contributed by atoms with Crippen LogP contribution in [0.3, 0.4) is 0 Å². The van der Waals surface area contributed by atoms with Crippen molar-refractivity contribution >= 4 is 5.91 Å². The van der Waals surface area contributed by atoms with E-state index in [0.717, 1.165) is 19.4 Å². The van der Waals surface area contributed by atoms with Gasteiger partial charge in [0.15, 0.2) is 0 Å². The van der Waals surface area contributed by atoms with Gasteiger partial charge in [-0.25, -0.2) is 0 Å². The van der Waals surface area contributed by atoms with Crippen LogP contribution in [0.2, 0.25) is 0 Å². The van der Waals surface area contributed by atoms with Crippen LogP contribution in [0.25, 0.3) is 0 Å². The van der Waals surface area contributed by atoms with Gasteiger partial charge in [-0.1, -0.05) is 26.3 Å². The quantitative estimate of drug-likeness (QED) is 0.628. The van der Waals surface area contributed by atoms with Gasteiger partial charge in [0.1, 0.15) is 0 Å². The first-order chi connectivity index (χ1) is 5.59. The van der Waals surface area contributed by atoms with Crippen molar-refractivity contribution in [3.05, 3.63) is 11.6 Å². The molecule has 4 N–H and O–H groups in total. The molecule has 0 rings (SSSR count). The van der Waals surface area contributed by atoms with Crippen molar-refractivity contribution in [2.75, 3.05) is 6.54 Å². The zero-order chi connectivity index (χ0) is 9.98. The predicted octanol–water partition coefficient (Wildman–Crippen LogP) is 1.18. The van der Waals surface area contributed by atoms with Gasteiger partial charge in [0.25, 0.3) is 0 Å². The normalized spacial score (nSPS) is 10.2. The van der Waals surface area contributed by atoms with Crippen molar-refractivity contribution < 1.29 is 4.79 Å². The number of primary amides is 1. The summed E-state index contributed by atoms with van der Waals surface area (Å²) in [5.74, 6) is -0.316. The summed E-state index contributed by atoms with van der Waals surface area (Å²) in [6.45, 7) is 6.45. The van der Waals surface area contributed by atoms with Crippen LogP contribution < -0.4 is 11.5 Å². The number of hydrogen-bond donors (Lipinski definition) is 2. The molecule has 12 heavy (non-hydrogen) atoms. The highest BCUT2D eigenvalue weighted by Gasteiger charge is 1.93. The van der Waals surface area contributed by atoms with E-state index < -0.39 is 0 Å². The Balaban J connectivity index is 0. The minimum absolute atomic E-state index is 0.316. The fourth-order valence-corrected chi connectivity index (χ4v) is 0.461. The van der Waals surface area contributed by atoms with Crippen molar-refractivity contribution in [3.63, 3.8) is 0 Å². The van der Waals surface area contributed by atoms with Gasteiger partial charge in [-0.15, -0.1) is 0 Å². The minimum atomic E-state index is -0.316. The summed E-state index contributed by atoms with van der Waals surface area (Å²) < 4.78 is 0. The summed E-state index contributed by atoms with van der Waals surface area (Å²) in [7, 11) is 0. The molecule has 0 spiro atoms. The Bertz CT molecular complexity index is 141. The van der Waals surface area contributed by atoms with Crippen molar-refractivity contribution in [1.82, 2.24) is 0 Å². The van der Waals surface area contributed by atoms with Crippen LogP contribution in [0.15, 0.2) is 11.6 Å². The first kappa shape index (κ1) is 13.7. The second-order valence-electron chi connectivity index (χ2n) is 2.45. The molecule has 0 aliphatic heterocycles. The SMILES string of the molecule is CCCC=C(C)C(N)=O.CCN. The maximum absolute atomic E-state index is 10.4. The number of amides is 1. The zero-order valence-corrected chi connectivity index (χ0v) is 8.26. The Morgan fingerprint density at radius 1 is 1.42 bits per heavy atom. The number of hydrogen-bond acceptors (Lipinski definition) is 2. The fraction of sp³-hybridized carbons (Fsp3) is 0.667. The third-order valence-electron chi connectivity index (χ3n) is 1.13. The second kappa shape index (κ2) is 10.2. The molecular formula is C9H20N2O. The lowest BCUT2D eigenvalue weighted by Crippen LogP contribution is -2.11. The molecule has 0 aromatic heterocycles. The molecule has 0 aliphatic rings. The monoisotopic (exact) mass is 172 g/mol. The van der Waals surface area contributed by atoms with Gasteiger partial charge in [-0.3, -0.25) is 4.79 Å². The van der Waals surface area contributed by atoms with E-state index in [0.29, 0.717) is 5.57 Å². The highest BCUT2D eigenvalue weighted by molar-refractivity contribution is 5.91. The number of rotatable bonds is 3. The molecule has 0 saturated heterocycles. The van der Waals surface area contributed by atoms with Crippen LogP contribution in [0.1, 0.15) is 33.6 Å². The number of allylic oxidation sites excluding steroid dienone is 1. The van der Waals surface area contributed by atoms with E-state index in [9.17, 15) is 4.79 Å². The summed E-state index contributed by atoms with van der Waals surface area (Å²) in [6, 6.07) is 0. The molecule has 0 aromatic carbocycles. The van der Waals surface area contributed by atoms with Gasteiger partial charge < -0.3 is 11.5 Å². The lowest BCUT2D eigenvalue weighted by Gasteiger charge is -1.90. The first-order valence-electron chi connectivity index (χ1n) is 4.26. The van der Waals surface area contributed by atoms with Gasteiger partial charge >= 0.3 is 0 Å². The first-order valence-corrected chi connectivity index (χ1v) is 4.26. The van der Waals surface area contributed by atoms with Crippen molar-refractivity contribution in [3.8, 4) is 0 Å². The van der Waals surface area contributed by atoms with Gasteiger partial charge in [-0.2, -0.15) is 0 Å². The molecule has 3 heteroatoms. The van der Waals surface area contributed by atoms with Gasteiger partial charge in [0.05, 0.1) is 0 Å².